The third kappa shape index (κ3) is 3.92. The standard InChI is InChI=1S/C17H20N2O4S2/c1-13-2-3-15(17(20)21)10-16(13)25(22,23)19-7-5-18(6-8-19)11-14-4-9-24-12-14/h2-4,9-10,12H,5-8,11H2,1H3,(H,20,21). The SMILES string of the molecule is Cc1ccc(C(=O)O)cc1S(=O)(=O)N1CCN(Cc2ccsc2)CC1. The topological polar surface area (TPSA) is 77.9 Å². The van der Waals surface area contributed by atoms with E-state index in [-0.39, 0.29) is 10.5 Å². The molecule has 0 spiro atoms. The van der Waals surface area contributed by atoms with Crippen LogP contribution < -0.4 is 0 Å². The minimum Gasteiger partial charge on any atom is -0.478 e. The molecule has 134 valence electrons. The van der Waals surface area contributed by atoms with Crippen LogP contribution in [-0.2, 0) is 16.6 Å². The van der Waals surface area contributed by atoms with Crippen LogP contribution in [0.4, 0.5) is 0 Å². The van der Waals surface area contributed by atoms with Crippen molar-refractivity contribution in [1.29, 1.82) is 0 Å². The Hall–Kier alpha value is -1.74. The van der Waals surface area contributed by atoms with Gasteiger partial charge in [-0.05, 0) is 47.0 Å². The Morgan fingerprint density at radius 3 is 2.52 bits per heavy atom. The highest BCUT2D eigenvalue weighted by Crippen LogP contribution is 2.23. The molecule has 3 rings (SSSR count). The fraction of sp³-hybridized carbons (Fsp3) is 0.353. The van der Waals surface area contributed by atoms with E-state index in [2.05, 4.69) is 16.3 Å². The molecule has 0 atom stereocenters. The summed E-state index contributed by atoms with van der Waals surface area (Å²) >= 11 is 1.65. The van der Waals surface area contributed by atoms with Gasteiger partial charge >= 0.3 is 5.97 Å². The van der Waals surface area contributed by atoms with Gasteiger partial charge in [-0.25, -0.2) is 13.2 Å². The maximum absolute atomic E-state index is 12.9. The molecule has 0 unspecified atom stereocenters. The van der Waals surface area contributed by atoms with Crippen molar-refractivity contribution in [2.24, 2.45) is 0 Å². The van der Waals surface area contributed by atoms with Crippen LogP contribution in [0.25, 0.3) is 0 Å². The van der Waals surface area contributed by atoms with E-state index < -0.39 is 16.0 Å². The summed E-state index contributed by atoms with van der Waals surface area (Å²) < 4.78 is 27.3. The van der Waals surface area contributed by atoms with Crippen molar-refractivity contribution >= 4 is 27.3 Å². The van der Waals surface area contributed by atoms with Crippen LogP contribution in [0, 0.1) is 6.92 Å². The van der Waals surface area contributed by atoms with Gasteiger partial charge in [0.25, 0.3) is 0 Å². The molecule has 0 radical (unpaired) electrons. The first-order chi connectivity index (χ1) is 11.9. The first kappa shape index (κ1) is 18.1. The quantitative estimate of drug-likeness (QED) is 0.861. The number of thiophene rings is 1. The minimum absolute atomic E-state index is 0.0136. The van der Waals surface area contributed by atoms with Crippen LogP contribution >= 0.6 is 11.3 Å². The number of hydrogen-bond donors (Lipinski definition) is 1. The lowest BCUT2D eigenvalue weighted by Crippen LogP contribution is -2.48. The largest absolute Gasteiger partial charge is 0.478 e. The molecule has 2 aromatic rings. The molecule has 1 fully saturated rings. The summed E-state index contributed by atoms with van der Waals surface area (Å²) in [5, 5.41) is 13.3. The Balaban J connectivity index is 1.74. The van der Waals surface area contributed by atoms with Crippen LogP contribution in [0.1, 0.15) is 21.5 Å². The molecule has 6 nitrogen and oxygen atoms in total. The predicted molar refractivity (Wildman–Crippen MR) is 96.5 cm³/mol. The van der Waals surface area contributed by atoms with Crippen molar-refractivity contribution in [3.05, 3.63) is 51.7 Å². The van der Waals surface area contributed by atoms with Gasteiger partial charge in [-0.15, -0.1) is 0 Å². The maximum Gasteiger partial charge on any atom is 0.335 e. The van der Waals surface area contributed by atoms with Crippen molar-refractivity contribution in [2.75, 3.05) is 26.2 Å². The highest BCUT2D eigenvalue weighted by atomic mass is 32.2. The van der Waals surface area contributed by atoms with Gasteiger partial charge in [0.05, 0.1) is 10.5 Å². The smallest absolute Gasteiger partial charge is 0.335 e. The highest BCUT2D eigenvalue weighted by Gasteiger charge is 2.30. The van der Waals surface area contributed by atoms with Crippen molar-refractivity contribution in [3.8, 4) is 0 Å². The zero-order valence-corrected chi connectivity index (χ0v) is 15.5. The van der Waals surface area contributed by atoms with Gasteiger partial charge in [0.2, 0.25) is 10.0 Å². The Kier molecular flexibility index (Phi) is 5.24. The molecule has 25 heavy (non-hydrogen) atoms. The Morgan fingerprint density at radius 2 is 1.92 bits per heavy atom. The predicted octanol–water partition coefficient (Wildman–Crippen LogP) is 2.26. The van der Waals surface area contributed by atoms with Gasteiger partial charge in [0.1, 0.15) is 0 Å². The zero-order chi connectivity index (χ0) is 18.0. The summed E-state index contributed by atoms with van der Waals surface area (Å²) in [4.78, 5) is 13.5. The summed E-state index contributed by atoms with van der Waals surface area (Å²) in [6.45, 7) is 4.64. The van der Waals surface area contributed by atoms with E-state index >= 15 is 0 Å². The molecule has 0 bridgehead atoms. The summed E-state index contributed by atoms with van der Waals surface area (Å²) in [5.41, 5.74) is 1.79. The fourth-order valence-electron chi connectivity index (χ4n) is 2.92. The molecule has 1 aliphatic rings. The number of carboxylic acid groups (broad SMARTS) is 1. The molecule has 8 heteroatoms. The van der Waals surface area contributed by atoms with Gasteiger partial charge < -0.3 is 5.11 Å². The monoisotopic (exact) mass is 380 g/mol. The van der Waals surface area contributed by atoms with Crippen LogP contribution in [0.15, 0.2) is 39.9 Å². The number of aryl methyl sites for hydroxylation is 1. The maximum atomic E-state index is 12.9. The van der Waals surface area contributed by atoms with E-state index in [0.717, 1.165) is 6.54 Å². The summed E-state index contributed by atoms with van der Waals surface area (Å²) in [5.74, 6) is -1.13. The molecule has 1 saturated heterocycles. The van der Waals surface area contributed by atoms with E-state index in [1.807, 2.05) is 5.38 Å². The average Bonchev–Trinajstić information content (AvgIpc) is 3.08. The molecule has 1 aromatic carbocycles. The number of hydrogen-bond acceptors (Lipinski definition) is 5. The number of aromatic carboxylic acids is 1. The molecule has 1 N–H and O–H groups in total. The molecule has 2 heterocycles. The van der Waals surface area contributed by atoms with Gasteiger partial charge in [-0.3, -0.25) is 4.90 Å². The first-order valence-electron chi connectivity index (χ1n) is 7.95. The molecular formula is C17H20N2O4S2. The van der Waals surface area contributed by atoms with Crippen molar-refractivity contribution < 1.29 is 18.3 Å². The fourth-order valence-corrected chi connectivity index (χ4v) is 5.25. The molecule has 1 aromatic heterocycles. The number of rotatable bonds is 5. The Labute approximate surface area is 151 Å². The highest BCUT2D eigenvalue weighted by molar-refractivity contribution is 7.89. The summed E-state index contributed by atoms with van der Waals surface area (Å²) in [6.07, 6.45) is 0. The van der Waals surface area contributed by atoms with Gasteiger partial charge in [0.15, 0.2) is 0 Å². The third-order valence-corrected chi connectivity index (χ3v) is 7.14. The van der Waals surface area contributed by atoms with Crippen molar-refractivity contribution in [3.63, 3.8) is 0 Å². The number of nitrogens with zero attached hydrogens (tertiary/aromatic N) is 2. The second-order valence-corrected chi connectivity index (χ2v) is 8.78. The van der Waals surface area contributed by atoms with Crippen molar-refractivity contribution in [1.82, 2.24) is 9.21 Å². The zero-order valence-electron chi connectivity index (χ0n) is 13.9. The lowest BCUT2D eigenvalue weighted by molar-refractivity contribution is 0.0696. The van der Waals surface area contributed by atoms with E-state index in [0.29, 0.717) is 31.7 Å². The van der Waals surface area contributed by atoms with Gasteiger partial charge in [-0.1, -0.05) is 6.07 Å². The lowest BCUT2D eigenvalue weighted by Gasteiger charge is -2.34. The van der Waals surface area contributed by atoms with Crippen molar-refractivity contribution in [2.45, 2.75) is 18.4 Å². The number of carboxylic acids is 1. The number of carbonyl (C=O) groups is 1. The molecule has 1 aliphatic heterocycles. The van der Waals surface area contributed by atoms with Crippen LogP contribution in [0.2, 0.25) is 0 Å². The van der Waals surface area contributed by atoms with E-state index in [9.17, 15) is 13.2 Å². The van der Waals surface area contributed by atoms with E-state index in [1.54, 1.807) is 24.3 Å². The summed E-state index contributed by atoms with van der Waals surface area (Å²) in [6, 6.07) is 6.30. The molecule has 0 saturated carbocycles. The first-order valence-corrected chi connectivity index (χ1v) is 10.3. The second-order valence-electron chi connectivity index (χ2n) is 6.10. The summed E-state index contributed by atoms with van der Waals surface area (Å²) in [7, 11) is -3.69. The minimum atomic E-state index is -3.69. The average molecular weight is 380 g/mol. The molecule has 0 amide bonds. The Morgan fingerprint density at radius 1 is 1.20 bits per heavy atom. The van der Waals surface area contributed by atoms with Crippen LogP contribution in [0.3, 0.4) is 0 Å². The second kappa shape index (κ2) is 7.25. The van der Waals surface area contributed by atoms with E-state index in [4.69, 9.17) is 5.11 Å². The van der Waals surface area contributed by atoms with Crippen LogP contribution in [-0.4, -0.2) is 54.9 Å². The van der Waals surface area contributed by atoms with Crippen LogP contribution in [0.5, 0.6) is 0 Å². The molecular weight excluding hydrogens is 360 g/mol. The lowest BCUT2D eigenvalue weighted by atomic mass is 10.1. The van der Waals surface area contributed by atoms with E-state index in [1.165, 1.54) is 22.0 Å². The number of sulfonamides is 1. The van der Waals surface area contributed by atoms with Gasteiger partial charge in [0, 0.05) is 32.7 Å². The number of benzene rings is 1. The normalized spacial score (nSPS) is 16.8. The molecule has 0 aliphatic carbocycles. The van der Waals surface area contributed by atoms with Gasteiger partial charge in [-0.2, -0.15) is 15.6 Å². The number of piperazine rings is 1. The third-order valence-electron chi connectivity index (χ3n) is 4.37. The Bertz CT molecular complexity index is 855.